The number of nitrogens with two attached hydrogens (primary N) is 2. The minimum absolute atomic E-state index is 0.00134. The highest BCUT2D eigenvalue weighted by atomic mass is 16.5. The zero-order valence-corrected chi connectivity index (χ0v) is 12.7. The summed E-state index contributed by atoms with van der Waals surface area (Å²) < 4.78 is 11.1. The Morgan fingerprint density at radius 2 is 2.04 bits per heavy atom. The van der Waals surface area contributed by atoms with Gasteiger partial charge in [0.2, 0.25) is 5.95 Å². The highest BCUT2D eigenvalue weighted by Gasteiger charge is 2.15. The van der Waals surface area contributed by atoms with Gasteiger partial charge in [0.1, 0.15) is 24.1 Å². The lowest BCUT2D eigenvalue weighted by Gasteiger charge is -2.13. The van der Waals surface area contributed by atoms with Gasteiger partial charge >= 0.3 is 0 Å². The number of nitriles is 1. The molecule has 0 radical (unpaired) electrons. The third-order valence-corrected chi connectivity index (χ3v) is 2.94. The van der Waals surface area contributed by atoms with Crippen LogP contribution in [-0.4, -0.2) is 23.2 Å². The topological polar surface area (TPSA) is 120 Å². The molecule has 7 heteroatoms. The van der Waals surface area contributed by atoms with Crippen LogP contribution in [0, 0.1) is 11.3 Å². The number of aromatic nitrogens is 2. The zero-order chi connectivity index (χ0) is 16.8. The molecule has 1 heterocycles. The molecular formula is C16H17N5O2. The van der Waals surface area contributed by atoms with Gasteiger partial charge in [-0.1, -0.05) is 12.7 Å². The molecule has 0 bridgehead atoms. The molecule has 0 fully saturated rings. The van der Waals surface area contributed by atoms with Gasteiger partial charge in [-0.25, -0.2) is 4.98 Å². The summed E-state index contributed by atoms with van der Waals surface area (Å²) in [6.07, 6.45) is 1.64. The van der Waals surface area contributed by atoms with E-state index in [2.05, 4.69) is 16.5 Å². The second kappa shape index (κ2) is 7.13. The molecule has 0 spiro atoms. The van der Waals surface area contributed by atoms with Crippen LogP contribution in [-0.2, 0) is 0 Å². The first-order valence-corrected chi connectivity index (χ1v) is 6.94. The van der Waals surface area contributed by atoms with Crippen LogP contribution in [0.2, 0.25) is 0 Å². The van der Waals surface area contributed by atoms with Gasteiger partial charge in [-0.2, -0.15) is 10.2 Å². The molecule has 0 aliphatic carbocycles. The minimum atomic E-state index is 0.00134. The van der Waals surface area contributed by atoms with Gasteiger partial charge in [-0.3, -0.25) is 0 Å². The summed E-state index contributed by atoms with van der Waals surface area (Å²) >= 11 is 0. The summed E-state index contributed by atoms with van der Waals surface area (Å²) in [7, 11) is 0. The molecule has 2 aromatic rings. The standard InChI is InChI=1S/C16H17N5O2/c1-3-7-23-12-6-5-10(8-13(12)22-4-2)14-11(9-17)15(18)21-16(19)20-14/h3,5-6,8H,1,4,7H2,2H3,(H4,18,19,20,21). The SMILES string of the molecule is C=CCOc1ccc(-c2nc(N)nc(N)c2C#N)cc1OCC. The molecule has 2 rings (SSSR count). The van der Waals surface area contributed by atoms with E-state index < -0.39 is 0 Å². The van der Waals surface area contributed by atoms with E-state index in [0.717, 1.165) is 0 Å². The molecule has 1 aromatic heterocycles. The molecule has 23 heavy (non-hydrogen) atoms. The van der Waals surface area contributed by atoms with Gasteiger partial charge in [0.15, 0.2) is 11.5 Å². The smallest absolute Gasteiger partial charge is 0.222 e. The molecule has 0 saturated carbocycles. The van der Waals surface area contributed by atoms with Crippen LogP contribution in [0.1, 0.15) is 12.5 Å². The predicted molar refractivity (Wildman–Crippen MR) is 87.9 cm³/mol. The van der Waals surface area contributed by atoms with Crippen LogP contribution in [0.4, 0.5) is 11.8 Å². The Labute approximate surface area is 134 Å². The second-order valence-corrected chi connectivity index (χ2v) is 4.50. The van der Waals surface area contributed by atoms with E-state index in [1.54, 1.807) is 24.3 Å². The maximum Gasteiger partial charge on any atom is 0.222 e. The molecule has 118 valence electrons. The van der Waals surface area contributed by atoms with Crippen LogP contribution in [0.25, 0.3) is 11.3 Å². The Balaban J connectivity index is 2.54. The highest BCUT2D eigenvalue weighted by molar-refractivity contribution is 5.74. The normalized spacial score (nSPS) is 9.91. The molecule has 0 atom stereocenters. The number of benzene rings is 1. The third kappa shape index (κ3) is 3.49. The van der Waals surface area contributed by atoms with Gasteiger partial charge in [0, 0.05) is 5.56 Å². The average Bonchev–Trinajstić information content (AvgIpc) is 2.53. The Hall–Kier alpha value is -3.27. The summed E-state index contributed by atoms with van der Waals surface area (Å²) in [5, 5.41) is 9.28. The zero-order valence-electron chi connectivity index (χ0n) is 12.7. The second-order valence-electron chi connectivity index (χ2n) is 4.50. The first-order valence-electron chi connectivity index (χ1n) is 6.94. The fourth-order valence-corrected chi connectivity index (χ4v) is 2.01. The Morgan fingerprint density at radius 1 is 1.26 bits per heavy atom. The van der Waals surface area contributed by atoms with Crippen molar-refractivity contribution in [3.8, 4) is 28.8 Å². The maximum atomic E-state index is 9.28. The van der Waals surface area contributed by atoms with Gasteiger partial charge in [-0.15, -0.1) is 0 Å². The number of ether oxygens (including phenoxy) is 2. The fraction of sp³-hybridized carbons (Fsp3) is 0.188. The first kappa shape index (κ1) is 16.1. The largest absolute Gasteiger partial charge is 0.490 e. The summed E-state index contributed by atoms with van der Waals surface area (Å²) in [6, 6.07) is 7.21. The van der Waals surface area contributed by atoms with Crippen LogP contribution in [0.5, 0.6) is 11.5 Å². The molecule has 7 nitrogen and oxygen atoms in total. The van der Waals surface area contributed by atoms with Crippen molar-refractivity contribution in [2.24, 2.45) is 0 Å². The molecule has 0 amide bonds. The fourth-order valence-electron chi connectivity index (χ4n) is 2.01. The van der Waals surface area contributed by atoms with Gasteiger partial charge in [0.05, 0.1) is 12.3 Å². The van der Waals surface area contributed by atoms with Gasteiger partial charge < -0.3 is 20.9 Å². The van der Waals surface area contributed by atoms with Crippen LogP contribution < -0.4 is 20.9 Å². The molecule has 0 saturated heterocycles. The van der Waals surface area contributed by atoms with Crippen molar-refractivity contribution < 1.29 is 9.47 Å². The van der Waals surface area contributed by atoms with Crippen molar-refractivity contribution in [2.45, 2.75) is 6.92 Å². The molecule has 0 unspecified atom stereocenters. The monoisotopic (exact) mass is 311 g/mol. The van der Waals surface area contributed by atoms with Crippen molar-refractivity contribution in [1.82, 2.24) is 9.97 Å². The number of hydrogen-bond donors (Lipinski definition) is 2. The summed E-state index contributed by atoms with van der Waals surface area (Å²) in [5.41, 5.74) is 12.5. The number of rotatable bonds is 6. The van der Waals surface area contributed by atoms with Crippen LogP contribution >= 0.6 is 0 Å². The van der Waals surface area contributed by atoms with Crippen molar-refractivity contribution in [2.75, 3.05) is 24.7 Å². The Kier molecular flexibility index (Phi) is 5.00. The lowest BCUT2D eigenvalue weighted by molar-refractivity contribution is 0.297. The number of hydrogen-bond acceptors (Lipinski definition) is 7. The van der Waals surface area contributed by atoms with Gasteiger partial charge in [-0.05, 0) is 25.1 Å². The summed E-state index contributed by atoms with van der Waals surface area (Å²) in [6.45, 7) is 6.30. The van der Waals surface area contributed by atoms with E-state index in [9.17, 15) is 5.26 Å². The van der Waals surface area contributed by atoms with Crippen LogP contribution in [0.3, 0.4) is 0 Å². The molecule has 4 N–H and O–H groups in total. The quantitative estimate of drug-likeness (QED) is 0.784. The first-order chi connectivity index (χ1) is 11.1. The maximum absolute atomic E-state index is 9.28. The number of anilines is 2. The van der Waals surface area contributed by atoms with E-state index in [-0.39, 0.29) is 17.3 Å². The highest BCUT2D eigenvalue weighted by Crippen LogP contribution is 2.34. The van der Waals surface area contributed by atoms with E-state index >= 15 is 0 Å². The van der Waals surface area contributed by atoms with Crippen molar-refractivity contribution in [3.05, 3.63) is 36.4 Å². The summed E-state index contributed by atoms with van der Waals surface area (Å²) in [5.74, 6) is 1.15. The lowest BCUT2D eigenvalue weighted by Crippen LogP contribution is -2.05. The van der Waals surface area contributed by atoms with Gasteiger partial charge in [0.25, 0.3) is 0 Å². The Bertz CT molecular complexity index is 768. The van der Waals surface area contributed by atoms with Crippen molar-refractivity contribution >= 4 is 11.8 Å². The van der Waals surface area contributed by atoms with E-state index in [0.29, 0.717) is 36.0 Å². The molecule has 1 aromatic carbocycles. The average molecular weight is 311 g/mol. The molecule has 0 aliphatic rings. The van der Waals surface area contributed by atoms with Crippen molar-refractivity contribution in [3.63, 3.8) is 0 Å². The predicted octanol–water partition coefficient (Wildman–Crippen LogP) is 2.14. The number of nitrogens with zero attached hydrogens (tertiary/aromatic N) is 3. The van der Waals surface area contributed by atoms with E-state index in [4.69, 9.17) is 20.9 Å². The minimum Gasteiger partial charge on any atom is -0.490 e. The van der Waals surface area contributed by atoms with Crippen molar-refractivity contribution in [1.29, 1.82) is 5.26 Å². The summed E-state index contributed by atoms with van der Waals surface area (Å²) in [4.78, 5) is 7.92. The third-order valence-electron chi connectivity index (χ3n) is 2.94. The molecular weight excluding hydrogens is 294 g/mol. The lowest BCUT2D eigenvalue weighted by atomic mass is 10.1. The van der Waals surface area contributed by atoms with E-state index in [1.165, 1.54) is 0 Å². The number of nitrogen functional groups attached to an aromatic ring is 2. The van der Waals surface area contributed by atoms with Crippen LogP contribution in [0.15, 0.2) is 30.9 Å². The van der Waals surface area contributed by atoms with E-state index in [1.807, 2.05) is 13.0 Å². The molecule has 0 aliphatic heterocycles. The Morgan fingerprint density at radius 3 is 2.70 bits per heavy atom.